The predicted octanol–water partition coefficient (Wildman–Crippen LogP) is 4.77. The molecule has 3 nitrogen and oxygen atoms in total. The fraction of sp³-hybridized carbons (Fsp3) is 0.150. The molecule has 0 saturated carbocycles. The van der Waals surface area contributed by atoms with Gasteiger partial charge in [-0.25, -0.2) is 0 Å². The molecule has 0 fully saturated rings. The first-order valence-corrected chi connectivity index (χ1v) is 7.75. The largest absolute Gasteiger partial charge is 0.381 e. The normalized spacial score (nSPS) is 10.3. The summed E-state index contributed by atoms with van der Waals surface area (Å²) in [5, 5.41) is 3.49. The Labute approximate surface area is 137 Å². The average Bonchev–Trinajstić information content (AvgIpc) is 2.60. The van der Waals surface area contributed by atoms with Gasteiger partial charge in [-0.2, -0.15) is 0 Å². The zero-order valence-corrected chi connectivity index (χ0v) is 13.5. The van der Waals surface area contributed by atoms with E-state index < -0.39 is 0 Å². The number of nitrogens with zero attached hydrogens (tertiary/aromatic N) is 2. The first-order chi connectivity index (χ1) is 11.2. The van der Waals surface area contributed by atoms with E-state index in [1.54, 1.807) is 6.20 Å². The molecule has 0 radical (unpaired) electrons. The van der Waals surface area contributed by atoms with Gasteiger partial charge in [0, 0.05) is 31.2 Å². The fourth-order valence-corrected chi connectivity index (χ4v) is 2.55. The summed E-state index contributed by atoms with van der Waals surface area (Å²) in [6.07, 6.45) is 3.66. The molecule has 2 aromatic carbocycles. The number of aromatic nitrogens is 1. The standard InChI is InChI=1S/C20H21N3/c1-16-6-3-7-17(12-16)14-22-18-8-4-9-19(13-18)23(2)20-10-5-11-21-15-20/h3-13,15,22H,14H2,1-2H3. The quantitative estimate of drug-likeness (QED) is 0.736. The molecule has 1 N–H and O–H groups in total. The Morgan fingerprint density at radius 3 is 2.57 bits per heavy atom. The van der Waals surface area contributed by atoms with E-state index in [1.165, 1.54) is 11.1 Å². The Bertz CT molecular complexity index is 769. The van der Waals surface area contributed by atoms with Crippen molar-refractivity contribution in [1.82, 2.24) is 4.98 Å². The maximum absolute atomic E-state index is 4.18. The summed E-state index contributed by atoms with van der Waals surface area (Å²) in [6.45, 7) is 2.94. The number of hydrogen-bond acceptors (Lipinski definition) is 3. The van der Waals surface area contributed by atoms with Crippen LogP contribution < -0.4 is 10.2 Å². The van der Waals surface area contributed by atoms with E-state index in [1.807, 2.05) is 12.3 Å². The van der Waals surface area contributed by atoms with Crippen molar-refractivity contribution in [3.05, 3.63) is 84.2 Å². The van der Waals surface area contributed by atoms with Crippen molar-refractivity contribution < 1.29 is 0 Å². The maximum atomic E-state index is 4.18. The fourth-order valence-electron chi connectivity index (χ4n) is 2.55. The lowest BCUT2D eigenvalue weighted by molar-refractivity contribution is 1.13. The van der Waals surface area contributed by atoms with Crippen LogP contribution in [0.25, 0.3) is 0 Å². The zero-order valence-electron chi connectivity index (χ0n) is 13.5. The van der Waals surface area contributed by atoms with E-state index in [2.05, 4.69) is 83.8 Å². The number of nitrogens with one attached hydrogen (secondary N) is 1. The van der Waals surface area contributed by atoms with Gasteiger partial charge in [0.05, 0.1) is 11.9 Å². The number of benzene rings is 2. The van der Waals surface area contributed by atoms with E-state index in [0.29, 0.717) is 0 Å². The maximum Gasteiger partial charge on any atom is 0.0594 e. The van der Waals surface area contributed by atoms with Gasteiger partial charge in [0.2, 0.25) is 0 Å². The van der Waals surface area contributed by atoms with Crippen molar-refractivity contribution in [3.8, 4) is 0 Å². The summed E-state index contributed by atoms with van der Waals surface area (Å²) >= 11 is 0. The Hall–Kier alpha value is -2.81. The van der Waals surface area contributed by atoms with Crippen LogP contribution in [0.2, 0.25) is 0 Å². The smallest absolute Gasteiger partial charge is 0.0594 e. The van der Waals surface area contributed by atoms with Gasteiger partial charge >= 0.3 is 0 Å². The highest BCUT2D eigenvalue weighted by molar-refractivity contribution is 5.66. The van der Waals surface area contributed by atoms with E-state index in [0.717, 1.165) is 23.6 Å². The van der Waals surface area contributed by atoms with Crippen molar-refractivity contribution in [2.45, 2.75) is 13.5 Å². The third-order valence-corrected chi connectivity index (χ3v) is 3.85. The SMILES string of the molecule is Cc1cccc(CNc2cccc(N(C)c3cccnc3)c2)c1. The monoisotopic (exact) mass is 303 g/mol. The van der Waals surface area contributed by atoms with E-state index in [4.69, 9.17) is 0 Å². The molecule has 3 heteroatoms. The second kappa shape index (κ2) is 6.97. The van der Waals surface area contributed by atoms with Crippen LogP contribution in [0.5, 0.6) is 0 Å². The Balaban J connectivity index is 1.72. The molecule has 0 aliphatic heterocycles. The van der Waals surface area contributed by atoms with E-state index >= 15 is 0 Å². The number of rotatable bonds is 5. The summed E-state index contributed by atoms with van der Waals surface area (Å²) in [5.74, 6) is 0. The molecule has 1 aromatic heterocycles. The lowest BCUT2D eigenvalue weighted by Gasteiger charge is -2.20. The minimum Gasteiger partial charge on any atom is -0.381 e. The molecule has 1 heterocycles. The Morgan fingerprint density at radius 2 is 1.78 bits per heavy atom. The molecule has 0 atom stereocenters. The highest BCUT2D eigenvalue weighted by Gasteiger charge is 2.04. The third-order valence-electron chi connectivity index (χ3n) is 3.85. The van der Waals surface area contributed by atoms with Crippen molar-refractivity contribution in [2.75, 3.05) is 17.3 Å². The molecule has 0 aliphatic carbocycles. The van der Waals surface area contributed by atoms with E-state index in [9.17, 15) is 0 Å². The summed E-state index contributed by atoms with van der Waals surface area (Å²) < 4.78 is 0. The molecular weight excluding hydrogens is 282 g/mol. The molecule has 116 valence electrons. The number of aryl methyl sites for hydroxylation is 1. The lowest BCUT2D eigenvalue weighted by Crippen LogP contribution is -2.10. The third kappa shape index (κ3) is 3.89. The van der Waals surface area contributed by atoms with Crippen LogP contribution in [0, 0.1) is 6.92 Å². The summed E-state index contributed by atoms with van der Waals surface area (Å²) in [5.41, 5.74) is 5.89. The Morgan fingerprint density at radius 1 is 0.957 bits per heavy atom. The molecule has 0 aliphatic rings. The van der Waals surface area contributed by atoms with Gasteiger partial charge in [0.25, 0.3) is 0 Å². The minimum absolute atomic E-state index is 0.821. The Kier molecular flexibility index (Phi) is 4.57. The van der Waals surface area contributed by atoms with Gasteiger partial charge in [-0.15, -0.1) is 0 Å². The van der Waals surface area contributed by atoms with Gasteiger partial charge in [-0.05, 0) is 42.8 Å². The average molecular weight is 303 g/mol. The number of pyridine rings is 1. The lowest BCUT2D eigenvalue weighted by atomic mass is 10.1. The van der Waals surface area contributed by atoms with Gasteiger partial charge in [0.15, 0.2) is 0 Å². The molecule has 3 rings (SSSR count). The zero-order chi connectivity index (χ0) is 16.1. The summed E-state index contributed by atoms with van der Waals surface area (Å²) in [4.78, 5) is 6.31. The van der Waals surface area contributed by atoms with Crippen LogP contribution in [0.15, 0.2) is 73.1 Å². The van der Waals surface area contributed by atoms with Crippen LogP contribution in [0.3, 0.4) is 0 Å². The molecule has 23 heavy (non-hydrogen) atoms. The van der Waals surface area contributed by atoms with Crippen molar-refractivity contribution in [2.24, 2.45) is 0 Å². The molecule has 0 spiro atoms. The topological polar surface area (TPSA) is 28.2 Å². The molecule has 0 saturated heterocycles. The molecule has 3 aromatic rings. The predicted molar refractivity (Wildman–Crippen MR) is 97.2 cm³/mol. The van der Waals surface area contributed by atoms with Crippen LogP contribution in [0.1, 0.15) is 11.1 Å². The minimum atomic E-state index is 0.821. The van der Waals surface area contributed by atoms with Gasteiger partial charge in [-0.1, -0.05) is 35.9 Å². The van der Waals surface area contributed by atoms with Crippen LogP contribution in [-0.2, 0) is 6.54 Å². The van der Waals surface area contributed by atoms with Crippen LogP contribution in [-0.4, -0.2) is 12.0 Å². The van der Waals surface area contributed by atoms with Crippen LogP contribution >= 0.6 is 0 Å². The van der Waals surface area contributed by atoms with Crippen LogP contribution in [0.4, 0.5) is 17.1 Å². The number of hydrogen-bond donors (Lipinski definition) is 1. The molecule has 0 bridgehead atoms. The first kappa shape index (κ1) is 15.1. The number of anilines is 3. The van der Waals surface area contributed by atoms with Crippen molar-refractivity contribution in [1.29, 1.82) is 0 Å². The first-order valence-electron chi connectivity index (χ1n) is 7.75. The van der Waals surface area contributed by atoms with Gasteiger partial charge in [-0.3, -0.25) is 4.98 Å². The van der Waals surface area contributed by atoms with Gasteiger partial charge < -0.3 is 10.2 Å². The summed E-state index contributed by atoms with van der Waals surface area (Å²) in [6, 6.07) is 21.0. The van der Waals surface area contributed by atoms with E-state index in [-0.39, 0.29) is 0 Å². The highest BCUT2D eigenvalue weighted by Crippen LogP contribution is 2.25. The molecular formula is C20H21N3. The van der Waals surface area contributed by atoms with Crippen molar-refractivity contribution >= 4 is 17.1 Å². The highest BCUT2D eigenvalue weighted by atomic mass is 15.1. The summed E-state index contributed by atoms with van der Waals surface area (Å²) in [7, 11) is 2.05. The van der Waals surface area contributed by atoms with Crippen molar-refractivity contribution in [3.63, 3.8) is 0 Å². The second-order valence-corrected chi connectivity index (χ2v) is 5.66. The molecule has 0 amide bonds. The molecule has 0 unspecified atom stereocenters. The van der Waals surface area contributed by atoms with Gasteiger partial charge in [0.1, 0.15) is 0 Å². The second-order valence-electron chi connectivity index (χ2n) is 5.66.